The Balaban J connectivity index is 0.00000243. The number of nitrogens with two attached hydrogens (primary N) is 1. The van der Waals surface area contributed by atoms with Crippen molar-refractivity contribution in [2.75, 3.05) is 13.1 Å². The van der Waals surface area contributed by atoms with Crippen molar-refractivity contribution in [3.8, 4) is 0 Å². The molecule has 5 nitrogen and oxygen atoms in total. The second-order valence-electron chi connectivity index (χ2n) is 6.81. The molecule has 0 aliphatic heterocycles. The van der Waals surface area contributed by atoms with E-state index < -0.39 is 0 Å². The first-order valence-electron chi connectivity index (χ1n) is 8.90. The van der Waals surface area contributed by atoms with Gasteiger partial charge in [0.1, 0.15) is 0 Å². The van der Waals surface area contributed by atoms with E-state index >= 15 is 0 Å². The minimum absolute atomic E-state index is 0. The third kappa shape index (κ3) is 4.74. The van der Waals surface area contributed by atoms with E-state index in [1.807, 2.05) is 36.4 Å². The van der Waals surface area contributed by atoms with Crippen LogP contribution in [0.2, 0.25) is 0 Å². The molecule has 4 N–H and O–H groups in total. The van der Waals surface area contributed by atoms with Crippen LogP contribution in [0.4, 0.5) is 0 Å². The van der Waals surface area contributed by atoms with E-state index in [4.69, 9.17) is 5.73 Å². The Kier molecular flexibility index (Phi) is 7.00. The summed E-state index contributed by atoms with van der Waals surface area (Å²) >= 11 is 0. The van der Waals surface area contributed by atoms with Crippen LogP contribution in [0, 0.1) is 0 Å². The minimum atomic E-state index is -0.237. The summed E-state index contributed by atoms with van der Waals surface area (Å²) in [6.45, 7) is 0.792. The molecule has 2 amide bonds. The molecule has 0 atom stereocenters. The SMILES string of the molecule is Cl.NCC1(NC(=O)CCNC(=O)c2ccc3ccccc3c2)CCCC1. The number of rotatable bonds is 6. The summed E-state index contributed by atoms with van der Waals surface area (Å²) in [5.74, 6) is -0.209. The monoisotopic (exact) mass is 375 g/mol. The normalized spacial score (nSPS) is 15.3. The first-order valence-corrected chi connectivity index (χ1v) is 8.90. The fraction of sp³-hybridized carbons (Fsp3) is 0.400. The van der Waals surface area contributed by atoms with Crippen molar-refractivity contribution in [2.24, 2.45) is 5.73 Å². The zero-order valence-electron chi connectivity index (χ0n) is 14.8. The lowest BCUT2D eigenvalue weighted by Crippen LogP contribution is -2.52. The second kappa shape index (κ2) is 9.01. The molecule has 6 heteroatoms. The maximum atomic E-state index is 12.3. The fourth-order valence-electron chi connectivity index (χ4n) is 3.51. The molecule has 0 unspecified atom stereocenters. The number of hydrogen-bond acceptors (Lipinski definition) is 3. The second-order valence-corrected chi connectivity index (χ2v) is 6.81. The fourth-order valence-corrected chi connectivity index (χ4v) is 3.51. The molecule has 3 rings (SSSR count). The van der Waals surface area contributed by atoms with Crippen LogP contribution in [0.1, 0.15) is 42.5 Å². The molecule has 0 radical (unpaired) electrons. The Hall–Kier alpha value is -2.11. The third-order valence-corrected chi connectivity index (χ3v) is 5.01. The summed E-state index contributed by atoms with van der Waals surface area (Å²) in [6, 6.07) is 13.5. The number of amides is 2. The van der Waals surface area contributed by atoms with Crippen molar-refractivity contribution in [3.63, 3.8) is 0 Å². The van der Waals surface area contributed by atoms with Crippen molar-refractivity contribution in [1.82, 2.24) is 10.6 Å². The van der Waals surface area contributed by atoms with Crippen LogP contribution in [0.3, 0.4) is 0 Å². The number of halogens is 1. The largest absolute Gasteiger partial charge is 0.352 e. The highest BCUT2D eigenvalue weighted by atomic mass is 35.5. The summed E-state index contributed by atoms with van der Waals surface area (Å²) in [5, 5.41) is 8.01. The van der Waals surface area contributed by atoms with E-state index in [0.717, 1.165) is 36.5 Å². The average Bonchev–Trinajstić information content (AvgIpc) is 3.10. The van der Waals surface area contributed by atoms with Crippen LogP contribution in [0.25, 0.3) is 10.8 Å². The zero-order valence-corrected chi connectivity index (χ0v) is 15.6. The number of hydrogen-bond donors (Lipinski definition) is 3. The molecule has 2 aromatic carbocycles. The van der Waals surface area contributed by atoms with E-state index in [1.165, 1.54) is 0 Å². The molecule has 0 bridgehead atoms. The molecule has 0 saturated heterocycles. The van der Waals surface area contributed by atoms with E-state index in [1.54, 1.807) is 6.07 Å². The van der Waals surface area contributed by atoms with Crippen molar-refractivity contribution < 1.29 is 9.59 Å². The van der Waals surface area contributed by atoms with Gasteiger partial charge in [-0.2, -0.15) is 0 Å². The standard InChI is InChI=1S/C20H25N3O2.ClH/c21-14-20(10-3-4-11-20)23-18(24)9-12-22-19(25)17-8-7-15-5-1-2-6-16(15)13-17;/h1-2,5-8,13H,3-4,9-12,14,21H2,(H,22,25)(H,23,24);1H. The van der Waals surface area contributed by atoms with Gasteiger partial charge < -0.3 is 16.4 Å². The Morgan fingerprint density at radius 2 is 1.73 bits per heavy atom. The predicted molar refractivity (Wildman–Crippen MR) is 107 cm³/mol. The topological polar surface area (TPSA) is 84.2 Å². The average molecular weight is 376 g/mol. The molecule has 1 saturated carbocycles. The van der Waals surface area contributed by atoms with Crippen LogP contribution in [0.5, 0.6) is 0 Å². The van der Waals surface area contributed by atoms with Crippen molar-refractivity contribution in [1.29, 1.82) is 0 Å². The van der Waals surface area contributed by atoms with Gasteiger partial charge >= 0.3 is 0 Å². The molecular formula is C20H26ClN3O2. The minimum Gasteiger partial charge on any atom is -0.352 e. The lowest BCUT2D eigenvalue weighted by Gasteiger charge is -2.28. The first kappa shape index (κ1) is 20.2. The number of nitrogens with one attached hydrogen (secondary N) is 2. The summed E-state index contributed by atoms with van der Waals surface area (Å²) in [7, 11) is 0. The Morgan fingerprint density at radius 3 is 2.42 bits per heavy atom. The number of benzene rings is 2. The maximum absolute atomic E-state index is 12.3. The lowest BCUT2D eigenvalue weighted by molar-refractivity contribution is -0.122. The molecule has 1 fully saturated rings. The number of carbonyl (C=O) groups is 2. The summed E-state index contributed by atoms with van der Waals surface area (Å²) in [6.07, 6.45) is 4.37. The van der Waals surface area contributed by atoms with Gasteiger partial charge in [0.25, 0.3) is 5.91 Å². The molecule has 140 valence electrons. The first-order chi connectivity index (χ1) is 12.1. The van der Waals surface area contributed by atoms with Gasteiger partial charge in [-0.25, -0.2) is 0 Å². The van der Waals surface area contributed by atoms with E-state index in [0.29, 0.717) is 18.7 Å². The van der Waals surface area contributed by atoms with Crippen LogP contribution >= 0.6 is 12.4 Å². The van der Waals surface area contributed by atoms with Crippen LogP contribution < -0.4 is 16.4 Å². The van der Waals surface area contributed by atoms with Gasteiger partial charge in [-0.05, 0) is 35.7 Å². The highest BCUT2D eigenvalue weighted by Crippen LogP contribution is 2.28. The Morgan fingerprint density at radius 1 is 1.04 bits per heavy atom. The van der Waals surface area contributed by atoms with Gasteiger partial charge in [0.15, 0.2) is 0 Å². The van der Waals surface area contributed by atoms with E-state index in [2.05, 4.69) is 10.6 Å². The lowest BCUT2D eigenvalue weighted by atomic mass is 9.97. The molecule has 1 aliphatic carbocycles. The van der Waals surface area contributed by atoms with Gasteiger partial charge in [-0.15, -0.1) is 12.4 Å². The smallest absolute Gasteiger partial charge is 0.251 e. The van der Waals surface area contributed by atoms with E-state index in [9.17, 15) is 9.59 Å². The van der Waals surface area contributed by atoms with Crippen LogP contribution in [-0.4, -0.2) is 30.4 Å². The highest BCUT2D eigenvalue weighted by molar-refractivity contribution is 5.98. The third-order valence-electron chi connectivity index (χ3n) is 5.01. The van der Waals surface area contributed by atoms with Gasteiger partial charge in [-0.3, -0.25) is 9.59 Å². The Labute approximate surface area is 160 Å². The van der Waals surface area contributed by atoms with E-state index in [-0.39, 0.29) is 36.2 Å². The van der Waals surface area contributed by atoms with Crippen LogP contribution in [-0.2, 0) is 4.79 Å². The molecule has 0 heterocycles. The maximum Gasteiger partial charge on any atom is 0.251 e. The Bertz CT molecular complexity index is 772. The summed E-state index contributed by atoms with van der Waals surface area (Å²) < 4.78 is 0. The number of fused-ring (bicyclic) bond motifs is 1. The van der Waals surface area contributed by atoms with Crippen LogP contribution in [0.15, 0.2) is 42.5 Å². The summed E-state index contributed by atoms with van der Waals surface area (Å²) in [5.41, 5.74) is 6.20. The van der Waals surface area contributed by atoms with Gasteiger partial charge in [0.2, 0.25) is 5.91 Å². The quantitative estimate of drug-likeness (QED) is 0.725. The van der Waals surface area contributed by atoms with Crippen molar-refractivity contribution >= 4 is 35.0 Å². The molecule has 26 heavy (non-hydrogen) atoms. The molecule has 1 aliphatic rings. The molecular weight excluding hydrogens is 350 g/mol. The molecule has 0 aromatic heterocycles. The van der Waals surface area contributed by atoms with Gasteiger partial charge in [-0.1, -0.05) is 43.2 Å². The zero-order chi connectivity index (χ0) is 17.7. The molecule has 0 spiro atoms. The number of carbonyl (C=O) groups excluding carboxylic acids is 2. The molecule has 2 aromatic rings. The van der Waals surface area contributed by atoms with Crippen molar-refractivity contribution in [2.45, 2.75) is 37.6 Å². The van der Waals surface area contributed by atoms with Crippen molar-refractivity contribution in [3.05, 3.63) is 48.0 Å². The summed E-state index contributed by atoms with van der Waals surface area (Å²) in [4.78, 5) is 24.4. The highest BCUT2D eigenvalue weighted by Gasteiger charge is 2.33. The predicted octanol–water partition coefficient (Wildman–Crippen LogP) is 2.77. The van der Waals surface area contributed by atoms with Gasteiger partial charge in [0, 0.05) is 25.1 Å². The van der Waals surface area contributed by atoms with Gasteiger partial charge in [0.05, 0.1) is 5.54 Å².